The minimum atomic E-state index is -2.30. The molecular formula is C18H48O4Si5. The lowest BCUT2D eigenvalue weighted by Crippen LogP contribution is -2.58. The summed E-state index contributed by atoms with van der Waals surface area (Å²) in [4.78, 5) is 0. The molecule has 9 heteroatoms. The maximum Gasteiger partial charge on any atom is 0.314 e. The topological polar surface area (TPSA) is 36.9 Å². The summed E-state index contributed by atoms with van der Waals surface area (Å²) in [6, 6.07) is 1.22. The van der Waals surface area contributed by atoms with Crippen molar-refractivity contribution in [1.29, 1.82) is 0 Å². The van der Waals surface area contributed by atoms with Crippen LogP contribution in [0.1, 0.15) is 39.0 Å². The Kier molecular flexibility index (Phi) is 11.2. The van der Waals surface area contributed by atoms with Gasteiger partial charge in [-0.3, -0.25) is 0 Å². The van der Waals surface area contributed by atoms with E-state index in [1.54, 1.807) is 0 Å². The summed E-state index contributed by atoms with van der Waals surface area (Å²) in [5.74, 6) is 0. The predicted octanol–water partition coefficient (Wildman–Crippen LogP) is 7.17. The molecule has 0 N–H and O–H groups in total. The SMILES string of the molecule is CCCCCCC[Si](C)(C)O[Si](C)(C)O[Si](C)(C)O[Si](C)(C)O[Si](C)(C)C. The Morgan fingerprint density at radius 2 is 0.889 bits per heavy atom. The molecule has 0 atom stereocenters. The third-order valence-electron chi connectivity index (χ3n) is 3.94. The van der Waals surface area contributed by atoms with Gasteiger partial charge in [-0.1, -0.05) is 39.0 Å². The first-order chi connectivity index (χ1) is 11.9. The molecule has 0 saturated heterocycles. The highest BCUT2D eigenvalue weighted by molar-refractivity contribution is 6.90. The fourth-order valence-electron chi connectivity index (χ4n) is 3.85. The van der Waals surface area contributed by atoms with Gasteiger partial charge in [0.15, 0.2) is 16.6 Å². The van der Waals surface area contributed by atoms with Crippen LogP contribution >= 0.6 is 0 Å². The lowest BCUT2D eigenvalue weighted by molar-refractivity contribution is 0.299. The summed E-state index contributed by atoms with van der Waals surface area (Å²) in [7, 11) is -10.1. The molecule has 164 valence electrons. The Bertz CT molecular complexity index is 434. The largest absolute Gasteiger partial charge is 0.437 e. The lowest BCUT2D eigenvalue weighted by atomic mass is 10.2. The van der Waals surface area contributed by atoms with Gasteiger partial charge in [-0.2, -0.15) is 0 Å². The molecule has 0 aliphatic carbocycles. The molecule has 27 heavy (non-hydrogen) atoms. The molecule has 0 aliphatic rings. The van der Waals surface area contributed by atoms with Gasteiger partial charge < -0.3 is 16.5 Å². The zero-order chi connectivity index (χ0) is 21.6. The van der Waals surface area contributed by atoms with Crippen LogP contribution in [-0.4, -0.2) is 42.3 Å². The highest BCUT2D eigenvalue weighted by atomic mass is 28.5. The smallest absolute Gasteiger partial charge is 0.314 e. The van der Waals surface area contributed by atoms with Crippen LogP contribution in [0.3, 0.4) is 0 Å². The van der Waals surface area contributed by atoms with Gasteiger partial charge in [0.25, 0.3) is 0 Å². The average Bonchev–Trinajstić information content (AvgIpc) is 2.29. The van der Waals surface area contributed by atoms with Gasteiger partial charge in [-0.25, -0.2) is 0 Å². The average molecular weight is 469 g/mol. The van der Waals surface area contributed by atoms with Gasteiger partial charge in [0, 0.05) is 0 Å². The number of hydrogen-bond acceptors (Lipinski definition) is 4. The van der Waals surface area contributed by atoms with E-state index in [0.29, 0.717) is 0 Å². The van der Waals surface area contributed by atoms with E-state index in [-0.39, 0.29) is 0 Å². The second-order valence-corrected chi connectivity index (χ2v) is 30.6. The van der Waals surface area contributed by atoms with Crippen molar-refractivity contribution in [3.8, 4) is 0 Å². The van der Waals surface area contributed by atoms with E-state index in [1.165, 1.54) is 38.1 Å². The Morgan fingerprint density at radius 3 is 1.33 bits per heavy atom. The van der Waals surface area contributed by atoms with Crippen molar-refractivity contribution in [1.82, 2.24) is 0 Å². The first kappa shape index (κ1) is 27.9. The maximum atomic E-state index is 6.68. The second kappa shape index (κ2) is 10.8. The number of unbranched alkanes of at least 4 members (excludes halogenated alkanes) is 4. The molecule has 0 unspecified atom stereocenters. The molecule has 0 aliphatic heterocycles. The van der Waals surface area contributed by atoms with E-state index >= 15 is 0 Å². The van der Waals surface area contributed by atoms with Crippen molar-refractivity contribution in [2.24, 2.45) is 0 Å². The molecule has 0 amide bonds. The molecule has 0 radical (unpaired) electrons. The summed E-state index contributed by atoms with van der Waals surface area (Å²) in [6.07, 6.45) is 6.61. The number of rotatable bonds is 14. The van der Waals surface area contributed by atoms with E-state index in [9.17, 15) is 0 Å². The van der Waals surface area contributed by atoms with Gasteiger partial charge in [0.1, 0.15) is 0 Å². The first-order valence-electron chi connectivity index (χ1n) is 10.7. The summed E-state index contributed by atoms with van der Waals surface area (Å²) in [5.41, 5.74) is 0. The van der Waals surface area contributed by atoms with Gasteiger partial charge in [-0.15, -0.1) is 0 Å². The van der Waals surface area contributed by atoms with E-state index in [2.05, 4.69) is 78.9 Å². The molecule has 0 spiro atoms. The molecule has 0 aromatic carbocycles. The Balaban J connectivity index is 4.72. The fourth-order valence-corrected chi connectivity index (χ4v) is 27.7. The van der Waals surface area contributed by atoms with Gasteiger partial charge in [0.2, 0.25) is 0 Å². The predicted molar refractivity (Wildman–Crippen MR) is 131 cm³/mol. The van der Waals surface area contributed by atoms with Crippen LogP contribution in [0.2, 0.25) is 78.1 Å². The molecule has 0 saturated carbocycles. The molecule has 0 bridgehead atoms. The van der Waals surface area contributed by atoms with Gasteiger partial charge >= 0.3 is 25.7 Å². The molecule has 4 nitrogen and oxygen atoms in total. The normalized spacial score (nSPS) is 14.7. The summed E-state index contributed by atoms with van der Waals surface area (Å²) in [5, 5.41) is 0. The van der Waals surface area contributed by atoms with Gasteiger partial charge in [0.05, 0.1) is 0 Å². The number of hydrogen-bond donors (Lipinski definition) is 0. The van der Waals surface area contributed by atoms with E-state index in [1.807, 2.05) is 0 Å². The van der Waals surface area contributed by atoms with Crippen molar-refractivity contribution < 1.29 is 16.5 Å². The van der Waals surface area contributed by atoms with E-state index in [4.69, 9.17) is 16.5 Å². The third kappa shape index (κ3) is 15.4. The second-order valence-electron chi connectivity index (χ2n) is 10.6. The quantitative estimate of drug-likeness (QED) is 0.200. The third-order valence-corrected chi connectivity index (χ3v) is 22.0. The van der Waals surface area contributed by atoms with Crippen LogP contribution in [0.4, 0.5) is 0 Å². The molecule has 0 aromatic heterocycles. The van der Waals surface area contributed by atoms with Crippen molar-refractivity contribution in [2.75, 3.05) is 0 Å². The molecule has 0 heterocycles. The molecule has 0 rings (SSSR count). The minimum absolute atomic E-state index is 1.22. The molecule has 0 fully saturated rings. The highest BCUT2D eigenvalue weighted by Crippen LogP contribution is 2.27. The van der Waals surface area contributed by atoms with Crippen LogP contribution in [0.25, 0.3) is 0 Å². The van der Waals surface area contributed by atoms with Crippen molar-refractivity contribution in [3.05, 3.63) is 0 Å². The molecule has 0 aromatic rings. The van der Waals surface area contributed by atoms with Crippen LogP contribution in [0.5, 0.6) is 0 Å². The Morgan fingerprint density at radius 1 is 0.481 bits per heavy atom. The summed E-state index contributed by atoms with van der Waals surface area (Å²) >= 11 is 0. The Hall–Kier alpha value is 0.924. The van der Waals surface area contributed by atoms with E-state index < -0.39 is 42.3 Å². The van der Waals surface area contributed by atoms with Crippen LogP contribution in [-0.2, 0) is 16.5 Å². The zero-order valence-electron chi connectivity index (χ0n) is 20.4. The van der Waals surface area contributed by atoms with E-state index in [0.717, 1.165) is 0 Å². The summed E-state index contributed by atoms with van der Waals surface area (Å²) in [6.45, 7) is 26.6. The van der Waals surface area contributed by atoms with Gasteiger partial charge in [-0.05, 0) is 78.1 Å². The first-order valence-corrected chi connectivity index (χ1v) is 25.7. The summed E-state index contributed by atoms with van der Waals surface area (Å²) < 4.78 is 26.1. The van der Waals surface area contributed by atoms with Crippen molar-refractivity contribution >= 4 is 42.3 Å². The monoisotopic (exact) mass is 468 g/mol. The van der Waals surface area contributed by atoms with Crippen LogP contribution < -0.4 is 0 Å². The van der Waals surface area contributed by atoms with Crippen LogP contribution in [0.15, 0.2) is 0 Å². The highest BCUT2D eigenvalue weighted by Gasteiger charge is 2.44. The zero-order valence-corrected chi connectivity index (χ0v) is 25.4. The fraction of sp³-hybridized carbons (Fsp3) is 1.00. The van der Waals surface area contributed by atoms with Crippen LogP contribution in [0, 0.1) is 0 Å². The standard InChI is InChI=1S/C18H48O4Si5/c1-13-14-15-16-17-18-24(5,6)20-26(9,10)22-27(11,12)21-25(7,8)19-23(2,3)4/h13-18H2,1-12H3. The molecular weight excluding hydrogens is 421 g/mol. The van der Waals surface area contributed by atoms with Crippen molar-refractivity contribution in [2.45, 2.75) is 117 Å². The minimum Gasteiger partial charge on any atom is -0.437 e. The lowest BCUT2D eigenvalue weighted by Gasteiger charge is -2.42. The Labute approximate surface area is 175 Å². The maximum absolute atomic E-state index is 6.68. The van der Waals surface area contributed by atoms with Crippen molar-refractivity contribution in [3.63, 3.8) is 0 Å².